The summed E-state index contributed by atoms with van der Waals surface area (Å²) in [6.45, 7) is 5.47. The molecule has 0 radical (unpaired) electrons. The van der Waals surface area contributed by atoms with E-state index in [1.165, 1.54) is 12.0 Å². The zero-order chi connectivity index (χ0) is 14.6. The van der Waals surface area contributed by atoms with Crippen molar-refractivity contribution in [1.82, 2.24) is 10.2 Å². The molecule has 1 heterocycles. The summed E-state index contributed by atoms with van der Waals surface area (Å²) in [4.78, 5) is 35.4. The maximum absolute atomic E-state index is 12.0. The van der Waals surface area contributed by atoms with E-state index < -0.39 is 23.7 Å². The maximum Gasteiger partial charge on any atom is 0.411 e. The summed E-state index contributed by atoms with van der Waals surface area (Å²) in [7, 11) is 1.26. The molecule has 0 aromatic carbocycles. The standard InChI is InChI=1S/C12H20N2O5/c1-12(2,3)19-11(17)14-6-8(13-7-15)5-9(14)10(16)18-4/h7-9H,5-6H2,1-4H3,(H,13,15)/t8-,9+/m1/s1. The highest BCUT2D eigenvalue weighted by Crippen LogP contribution is 2.22. The molecule has 0 saturated carbocycles. The minimum Gasteiger partial charge on any atom is -0.467 e. The minimum atomic E-state index is -0.725. The fourth-order valence-electron chi connectivity index (χ4n) is 1.93. The number of hydrogen-bond acceptors (Lipinski definition) is 5. The number of ether oxygens (including phenoxy) is 2. The van der Waals surface area contributed by atoms with E-state index in [4.69, 9.17) is 4.74 Å². The molecule has 0 aliphatic carbocycles. The van der Waals surface area contributed by atoms with Crippen molar-refractivity contribution < 1.29 is 23.9 Å². The lowest BCUT2D eigenvalue weighted by Crippen LogP contribution is -2.44. The minimum absolute atomic E-state index is 0.230. The average molecular weight is 272 g/mol. The molecule has 1 aliphatic rings. The zero-order valence-corrected chi connectivity index (χ0v) is 11.6. The average Bonchev–Trinajstić information content (AvgIpc) is 2.70. The van der Waals surface area contributed by atoms with Crippen molar-refractivity contribution in [2.45, 2.75) is 44.9 Å². The number of carbonyl (C=O) groups excluding carboxylic acids is 3. The van der Waals surface area contributed by atoms with E-state index in [0.29, 0.717) is 12.8 Å². The van der Waals surface area contributed by atoms with Gasteiger partial charge in [0.05, 0.1) is 7.11 Å². The quantitative estimate of drug-likeness (QED) is 0.589. The first-order valence-corrected chi connectivity index (χ1v) is 6.05. The predicted molar refractivity (Wildman–Crippen MR) is 66.3 cm³/mol. The van der Waals surface area contributed by atoms with Crippen molar-refractivity contribution in [3.8, 4) is 0 Å². The van der Waals surface area contributed by atoms with Crippen LogP contribution in [-0.4, -0.2) is 54.7 Å². The molecule has 0 unspecified atom stereocenters. The lowest BCUT2D eigenvalue weighted by Gasteiger charge is -2.27. The first-order chi connectivity index (χ1) is 8.78. The molecule has 1 N–H and O–H groups in total. The van der Waals surface area contributed by atoms with Crippen LogP contribution in [0.2, 0.25) is 0 Å². The third-order valence-electron chi connectivity index (χ3n) is 2.71. The zero-order valence-electron chi connectivity index (χ0n) is 11.6. The van der Waals surface area contributed by atoms with E-state index >= 15 is 0 Å². The first-order valence-electron chi connectivity index (χ1n) is 6.05. The van der Waals surface area contributed by atoms with Crippen LogP contribution >= 0.6 is 0 Å². The van der Waals surface area contributed by atoms with Crippen molar-refractivity contribution >= 4 is 18.5 Å². The van der Waals surface area contributed by atoms with E-state index in [2.05, 4.69) is 10.1 Å². The fourth-order valence-corrected chi connectivity index (χ4v) is 1.93. The van der Waals surface area contributed by atoms with Gasteiger partial charge in [-0.25, -0.2) is 9.59 Å². The molecule has 1 fully saturated rings. The Bertz CT molecular complexity index is 364. The third-order valence-corrected chi connectivity index (χ3v) is 2.71. The molecule has 0 aromatic rings. The number of esters is 1. The van der Waals surface area contributed by atoms with Crippen LogP contribution in [-0.2, 0) is 19.1 Å². The van der Waals surface area contributed by atoms with Crippen molar-refractivity contribution in [1.29, 1.82) is 0 Å². The van der Waals surface area contributed by atoms with Crippen LogP contribution in [0.1, 0.15) is 27.2 Å². The van der Waals surface area contributed by atoms with Crippen molar-refractivity contribution in [3.63, 3.8) is 0 Å². The molecule has 7 nitrogen and oxygen atoms in total. The lowest BCUT2D eigenvalue weighted by atomic mass is 10.2. The van der Waals surface area contributed by atoms with Gasteiger partial charge in [0.1, 0.15) is 11.6 Å². The lowest BCUT2D eigenvalue weighted by molar-refractivity contribution is -0.145. The van der Waals surface area contributed by atoms with Gasteiger partial charge < -0.3 is 14.8 Å². The van der Waals surface area contributed by atoms with Gasteiger partial charge >= 0.3 is 12.1 Å². The van der Waals surface area contributed by atoms with Crippen LogP contribution in [0.25, 0.3) is 0 Å². The molecule has 1 saturated heterocycles. The number of hydrogen-bond donors (Lipinski definition) is 1. The maximum atomic E-state index is 12.0. The highest BCUT2D eigenvalue weighted by atomic mass is 16.6. The van der Waals surface area contributed by atoms with Crippen LogP contribution in [0.5, 0.6) is 0 Å². The summed E-state index contributed by atoms with van der Waals surface area (Å²) in [5.74, 6) is -0.513. The summed E-state index contributed by atoms with van der Waals surface area (Å²) in [6.07, 6.45) is 0.292. The van der Waals surface area contributed by atoms with Gasteiger partial charge in [-0.2, -0.15) is 0 Å². The van der Waals surface area contributed by atoms with Gasteiger partial charge in [0, 0.05) is 19.0 Å². The van der Waals surface area contributed by atoms with Crippen molar-refractivity contribution in [2.75, 3.05) is 13.7 Å². The van der Waals surface area contributed by atoms with Gasteiger partial charge in [0.2, 0.25) is 6.41 Å². The van der Waals surface area contributed by atoms with Gasteiger partial charge in [0.15, 0.2) is 0 Å². The van der Waals surface area contributed by atoms with E-state index in [1.54, 1.807) is 20.8 Å². The van der Waals surface area contributed by atoms with Crippen molar-refractivity contribution in [2.24, 2.45) is 0 Å². The summed E-state index contributed by atoms with van der Waals surface area (Å²) in [5, 5.41) is 2.56. The Kier molecular flexibility index (Phi) is 4.74. The van der Waals surface area contributed by atoms with E-state index in [-0.39, 0.29) is 12.6 Å². The normalized spacial score (nSPS) is 22.8. The second kappa shape index (κ2) is 5.90. The molecule has 108 valence electrons. The Hall–Kier alpha value is -1.79. The SMILES string of the molecule is COC(=O)[C@@H]1C[C@@H](NC=O)CN1C(=O)OC(C)(C)C. The largest absolute Gasteiger partial charge is 0.467 e. The fraction of sp³-hybridized carbons (Fsp3) is 0.750. The molecule has 7 heteroatoms. The molecule has 0 bridgehead atoms. The molecular formula is C12H20N2O5. The van der Waals surface area contributed by atoms with Gasteiger partial charge in [-0.1, -0.05) is 0 Å². The molecule has 2 atom stereocenters. The Labute approximate surface area is 112 Å². The van der Waals surface area contributed by atoms with E-state index in [0.717, 1.165) is 0 Å². The molecule has 2 amide bonds. The summed E-state index contributed by atoms with van der Waals surface area (Å²) in [5.41, 5.74) is -0.645. The van der Waals surface area contributed by atoms with Crippen LogP contribution in [0.15, 0.2) is 0 Å². The molecular weight excluding hydrogens is 252 g/mol. The van der Waals surface area contributed by atoms with Crippen LogP contribution < -0.4 is 5.32 Å². The topological polar surface area (TPSA) is 84.9 Å². The Balaban J connectivity index is 2.79. The number of methoxy groups -OCH3 is 1. The molecule has 0 spiro atoms. The summed E-state index contributed by atoms with van der Waals surface area (Å²) < 4.78 is 9.90. The smallest absolute Gasteiger partial charge is 0.411 e. The van der Waals surface area contributed by atoms with Crippen LogP contribution in [0, 0.1) is 0 Å². The Morgan fingerprint density at radius 3 is 2.47 bits per heavy atom. The highest BCUT2D eigenvalue weighted by molar-refractivity contribution is 5.82. The molecule has 1 rings (SSSR count). The predicted octanol–water partition coefficient (Wildman–Crippen LogP) is 0.283. The number of carbonyl (C=O) groups is 3. The monoisotopic (exact) mass is 272 g/mol. The number of amides is 2. The summed E-state index contributed by atoms with van der Waals surface area (Å²) >= 11 is 0. The van der Waals surface area contributed by atoms with Gasteiger partial charge in [-0.3, -0.25) is 9.69 Å². The van der Waals surface area contributed by atoms with Gasteiger partial charge in [0.25, 0.3) is 0 Å². The number of likely N-dealkylation sites (tertiary alicyclic amines) is 1. The van der Waals surface area contributed by atoms with E-state index in [9.17, 15) is 14.4 Å². The third kappa shape index (κ3) is 4.11. The second-order valence-electron chi connectivity index (χ2n) is 5.39. The van der Waals surface area contributed by atoms with Crippen LogP contribution in [0.4, 0.5) is 4.79 Å². The first kappa shape index (κ1) is 15.3. The van der Waals surface area contributed by atoms with Gasteiger partial charge in [-0.05, 0) is 20.8 Å². The molecule has 1 aliphatic heterocycles. The molecule has 0 aromatic heterocycles. The Morgan fingerprint density at radius 2 is 2.00 bits per heavy atom. The van der Waals surface area contributed by atoms with E-state index in [1.807, 2.05) is 0 Å². The number of nitrogens with one attached hydrogen (secondary N) is 1. The van der Waals surface area contributed by atoms with Crippen molar-refractivity contribution in [3.05, 3.63) is 0 Å². The number of nitrogens with zero attached hydrogens (tertiary/aromatic N) is 1. The number of rotatable bonds is 3. The molecule has 19 heavy (non-hydrogen) atoms. The summed E-state index contributed by atoms with van der Waals surface area (Å²) in [6, 6.07) is -0.994. The van der Waals surface area contributed by atoms with Crippen LogP contribution in [0.3, 0.4) is 0 Å². The Morgan fingerprint density at radius 1 is 1.37 bits per heavy atom. The van der Waals surface area contributed by atoms with Gasteiger partial charge in [-0.15, -0.1) is 0 Å². The highest BCUT2D eigenvalue weighted by Gasteiger charge is 2.42. The second-order valence-corrected chi connectivity index (χ2v) is 5.39.